The molecule has 0 aliphatic rings. The van der Waals surface area contributed by atoms with Gasteiger partial charge in [0.15, 0.2) is 5.84 Å². The Kier molecular flexibility index (Phi) is 4.48. The van der Waals surface area contributed by atoms with Crippen molar-refractivity contribution in [2.24, 2.45) is 10.9 Å². The summed E-state index contributed by atoms with van der Waals surface area (Å²) in [4.78, 5) is 0. The monoisotopic (exact) mass is 290 g/mol. The maximum atomic E-state index is 8.66. The highest BCUT2D eigenvalue weighted by molar-refractivity contribution is 6.34. The highest BCUT2D eigenvalue weighted by Gasteiger charge is 2.08. The minimum atomic E-state index is -0.0319. The van der Waals surface area contributed by atoms with Crippen molar-refractivity contribution in [3.63, 3.8) is 0 Å². The number of nitrogens with zero attached hydrogens (tertiary/aromatic N) is 1. The predicted octanol–water partition coefficient (Wildman–Crippen LogP) is 3.79. The Labute approximate surface area is 122 Å². The molecule has 0 saturated heterocycles. The molecule has 2 rings (SSSR count). The fourth-order valence-corrected chi connectivity index (χ4v) is 2.11. The van der Waals surface area contributed by atoms with E-state index in [9.17, 15) is 0 Å². The van der Waals surface area contributed by atoms with Crippen molar-refractivity contribution >= 4 is 17.4 Å². The molecule has 0 aliphatic carbocycles. The van der Waals surface area contributed by atoms with Gasteiger partial charge in [-0.15, -0.1) is 0 Å². The van der Waals surface area contributed by atoms with E-state index >= 15 is 0 Å². The Hall–Kier alpha value is -2.20. The Morgan fingerprint density at radius 1 is 1.30 bits per heavy atom. The normalized spacial score (nSPS) is 11.4. The summed E-state index contributed by atoms with van der Waals surface area (Å²) in [5, 5.41) is 12.0. The highest BCUT2D eigenvalue weighted by atomic mass is 35.5. The summed E-state index contributed by atoms with van der Waals surface area (Å²) in [6.07, 6.45) is 0.881. The molecule has 0 bridgehead atoms. The van der Waals surface area contributed by atoms with Crippen LogP contribution in [0.5, 0.6) is 11.5 Å². The van der Waals surface area contributed by atoms with Crippen molar-refractivity contribution in [1.82, 2.24) is 0 Å². The van der Waals surface area contributed by atoms with Gasteiger partial charge in [-0.05, 0) is 30.2 Å². The number of benzene rings is 2. The van der Waals surface area contributed by atoms with Gasteiger partial charge in [-0.1, -0.05) is 41.9 Å². The van der Waals surface area contributed by atoms with Crippen LogP contribution in [0, 0.1) is 0 Å². The minimum absolute atomic E-state index is 0.0319. The fourth-order valence-electron chi connectivity index (χ4n) is 1.84. The van der Waals surface area contributed by atoms with Crippen LogP contribution in [0.3, 0.4) is 0 Å². The van der Waals surface area contributed by atoms with E-state index in [1.165, 1.54) is 0 Å². The Morgan fingerprint density at radius 2 is 2.05 bits per heavy atom. The van der Waals surface area contributed by atoms with Gasteiger partial charge in [0.25, 0.3) is 0 Å². The summed E-state index contributed by atoms with van der Waals surface area (Å²) >= 11 is 6.09. The van der Waals surface area contributed by atoms with E-state index in [1.54, 1.807) is 18.2 Å². The molecular weight excluding hydrogens is 276 g/mol. The van der Waals surface area contributed by atoms with Gasteiger partial charge in [0.1, 0.15) is 11.5 Å². The van der Waals surface area contributed by atoms with Crippen LogP contribution in [-0.2, 0) is 6.42 Å². The Bertz CT molecular complexity index is 642. The van der Waals surface area contributed by atoms with Gasteiger partial charge in [-0.3, -0.25) is 0 Å². The molecule has 0 radical (unpaired) electrons. The van der Waals surface area contributed by atoms with Gasteiger partial charge >= 0.3 is 0 Å². The smallest absolute Gasteiger partial charge is 0.171 e. The highest BCUT2D eigenvalue weighted by Crippen LogP contribution is 2.29. The van der Waals surface area contributed by atoms with Gasteiger partial charge in [-0.2, -0.15) is 0 Å². The van der Waals surface area contributed by atoms with Crippen molar-refractivity contribution in [1.29, 1.82) is 0 Å². The third-order valence-electron chi connectivity index (χ3n) is 2.91. The van der Waals surface area contributed by atoms with Crippen LogP contribution < -0.4 is 10.5 Å². The van der Waals surface area contributed by atoms with E-state index in [0.29, 0.717) is 16.3 Å². The van der Waals surface area contributed by atoms with Crippen LogP contribution >= 0.6 is 11.6 Å². The first-order chi connectivity index (χ1) is 9.65. The van der Waals surface area contributed by atoms with Crippen LogP contribution in [-0.4, -0.2) is 11.0 Å². The molecule has 0 heterocycles. The van der Waals surface area contributed by atoms with Crippen molar-refractivity contribution in [2.45, 2.75) is 13.3 Å². The number of hydrogen-bond donors (Lipinski definition) is 2. The molecule has 0 amide bonds. The number of halogens is 1. The van der Waals surface area contributed by atoms with Crippen LogP contribution in [0.15, 0.2) is 47.6 Å². The van der Waals surface area contributed by atoms with Gasteiger partial charge < -0.3 is 15.7 Å². The SMILES string of the molecule is CCc1ccccc1Oc1ccc(C(N)=NO)c(Cl)c1. The molecule has 20 heavy (non-hydrogen) atoms. The molecule has 0 atom stereocenters. The van der Waals surface area contributed by atoms with Crippen molar-refractivity contribution in [3.05, 3.63) is 58.6 Å². The number of hydrogen-bond acceptors (Lipinski definition) is 3. The quantitative estimate of drug-likeness (QED) is 0.389. The number of para-hydroxylation sites is 1. The maximum absolute atomic E-state index is 8.66. The van der Waals surface area contributed by atoms with Crippen LogP contribution in [0.25, 0.3) is 0 Å². The molecule has 0 fully saturated rings. The summed E-state index contributed by atoms with van der Waals surface area (Å²) in [6, 6.07) is 12.8. The van der Waals surface area contributed by atoms with E-state index in [2.05, 4.69) is 12.1 Å². The van der Waals surface area contributed by atoms with Gasteiger partial charge in [0.2, 0.25) is 0 Å². The van der Waals surface area contributed by atoms with Crippen molar-refractivity contribution in [2.75, 3.05) is 0 Å². The lowest BCUT2D eigenvalue weighted by molar-refractivity contribution is 0.318. The lowest BCUT2D eigenvalue weighted by Crippen LogP contribution is -2.13. The number of rotatable bonds is 4. The molecule has 4 nitrogen and oxygen atoms in total. The molecular formula is C15H15ClN2O2. The molecule has 0 spiro atoms. The summed E-state index contributed by atoms with van der Waals surface area (Å²) in [5.41, 5.74) is 7.10. The van der Waals surface area contributed by atoms with E-state index in [0.717, 1.165) is 17.7 Å². The van der Waals surface area contributed by atoms with Crippen molar-refractivity contribution in [3.8, 4) is 11.5 Å². The molecule has 0 unspecified atom stereocenters. The average Bonchev–Trinajstić information content (AvgIpc) is 2.47. The third kappa shape index (κ3) is 3.03. The Morgan fingerprint density at radius 3 is 2.70 bits per heavy atom. The predicted molar refractivity (Wildman–Crippen MR) is 79.9 cm³/mol. The first-order valence-corrected chi connectivity index (χ1v) is 6.56. The lowest BCUT2D eigenvalue weighted by atomic mass is 10.1. The third-order valence-corrected chi connectivity index (χ3v) is 3.22. The molecule has 5 heteroatoms. The molecule has 3 N–H and O–H groups in total. The van der Waals surface area contributed by atoms with Gasteiger partial charge in [-0.25, -0.2) is 0 Å². The van der Waals surface area contributed by atoms with Crippen molar-refractivity contribution < 1.29 is 9.94 Å². The largest absolute Gasteiger partial charge is 0.457 e. The number of nitrogens with two attached hydrogens (primary N) is 1. The number of ether oxygens (including phenoxy) is 1. The van der Waals surface area contributed by atoms with Crippen LogP contribution in [0.1, 0.15) is 18.1 Å². The van der Waals surface area contributed by atoms with Gasteiger partial charge in [0, 0.05) is 11.6 Å². The molecule has 0 aliphatic heterocycles. The number of aryl methyl sites for hydroxylation is 1. The summed E-state index contributed by atoms with van der Waals surface area (Å²) in [5.74, 6) is 1.36. The summed E-state index contributed by atoms with van der Waals surface area (Å²) in [7, 11) is 0. The Balaban J connectivity index is 2.29. The minimum Gasteiger partial charge on any atom is -0.457 e. The topological polar surface area (TPSA) is 67.8 Å². The molecule has 104 valence electrons. The standard InChI is InChI=1S/C15H15ClN2O2/c1-2-10-5-3-4-6-14(10)20-11-7-8-12(13(16)9-11)15(17)18-19/h3-9,19H,2H2,1H3,(H2,17,18). The molecule has 2 aromatic carbocycles. The first kappa shape index (κ1) is 14.2. The van der Waals surface area contributed by atoms with E-state index in [-0.39, 0.29) is 5.84 Å². The molecule has 0 saturated carbocycles. The first-order valence-electron chi connectivity index (χ1n) is 6.19. The van der Waals surface area contributed by atoms with E-state index in [1.807, 2.05) is 24.3 Å². The zero-order chi connectivity index (χ0) is 14.5. The lowest BCUT2D eigenvalue weighted by Gasteiger charge is -2.11. The number of amidine groups is 1. The van der Waals surface area contributed by atoms with Crippen LogP contribution in [0.4, 0.5) is 0 Å². The zero-order valence-corrected chi connectivity index (χ0v) is 11.8. The fraction of sp³-hybridized carbons (Fsp3) is 0.133. The van der Waals surface area contributed by atoms with E-state index < -0.39 is 0 Å². The van der Waals surface area contributed by atoms with Crippen LogP contribution in [0.2, 0.25) is 5.02 Å². The van der Waals surface area contributed by atoms with E-state index in [4.69, 9.17) is 27.3 Å². The molecule has 0 aromatic heterocycles. The average molecular weight is 291 g/mol. The second-order valence-electron chi connectivity index (χ2n) is 4.19. The maximum Gasteiger partial charge on any atom is 0.171 e. The second kappa shape index (κ2) is 6.30. The summed E-state index contributed by atoms with van der Waals surface area (Å²) in [6.45, 7) is 2.07. The number of oxime groups is 1. The summed E-state index contributed by atoms with van der Waals surface area (Å²) < 4.78 is 5.82. The van der Waals surface area contributed by atoms with Gasteiger partial charge in [0.05, 0.1) is 5.02 Å². The second-order valence-corrected chi connectivity index (χ2v) is 4.60. The molecule has 2 aromatic rings. The zero-order valence-electron chi connectivity index (χ0n) is 11.0.